The lowest BCUT2D eigenvalue weighted by Gasteiger charge is -2.28. The summed E-state index contributed by atoms with van der Waals surface area (Å²) in [6.45, 7) is 8.39. The molecule has 4 aliphatic rings. The van der Waals surface area contributed by atoms with E-state index in [9.17, 15) is 47.6 Å². The number of benzene rings is 6. The largest absolute Gasteiger partial charge is 0.586 e. The molecule has 2 aliphatic heterocycles. The number of rotatable bonds is 24. The number of fused-ring (bicyclic) bond motifs is 4. The molecular formula is C69H71ClF6N2O12. The SMILES string of the molecule is CC(C)(CO)c1cc2cc(CC(=O)C3(c4ccc5c(c4)OC(F)(F)O5)CC3)c(F)cc2n1C[C@@H](O)CO.CC(C)(COCc1ccccc1)c1cc2cc(CC(=O)C3(c4ccc5c(c4)OC(F)(F)O5)CC3)c(F)cc2n1C[C@@H](O)COCc1ccccc1.CCl. The Hall–Kier alpha value is -7.43. The molecule has 0 amide bonds. The standard InChI is InChI=1S/C41H40F3NO6.C27H28F3NO6.CH3Cl/c1-39(2,26-49-24-28-11-7-4-8-12-28)37-18-30-17-29(19-38(47)40(15-16-40)31-13-14-35-36(20-31)51-41(43,44)50-35)33(42)21-34(30)45(37)22-32(46)25-48-23-27-9-5-3-6-10-27;1-25(2,14-33)23-8-16-7-15(19(28)11-20(16)31(23)12-18(34)13-32)9-24(35)26(5-6-26)17-3-4-21-22(10-17)37-27(29,30)36-21;1-2/h3-14,17-18,20-21,32,46H,15-16,19,22-26H2,1-2H3;3-4,7-8,10-11,18,32-34H,5-6,9,12-14H2,1-2H3;1H3/t32-;18-;/m11./s1. The van der Waals surface area contributed by atoms with Crippen LogP contribution in [-0.2, 0) is 79.9 Å². The van der Waals surface area contributed by atoms with Crippen molar-refractivity contribution >= 4 is 45.0 Å². The van der Waals surface area contributed by atoms with Crippen molar-refractivity contribution in [3.63, 3.8) is 0 Å². The number of aromatic nitrogens is 2. The number of halogens is 7. The first-order valence-corrected chi connectivity index (χ1v) is 30.3. The van der Waals surface area contributed by atoms with Crippen LogP contribution in [0, 0.1) is 11.6 Å². The zero-order valence-electron chi connectivity index (χ0n) is 50.4. The van der Waals surface area contributed by atoms with Gasteiger partial charge in [-0.3, -0.25) is 9.59 Å². The van der Waals surface area contributed by atoms with Crippen LogP contribution in [-0.4, -0.2) is 98.7 Å². The summed E-state index contributed by atoms with van der Waals surface area (Å²) < 4.78 is 119. The van der Waals surface area contributed by atoms with Gasteiger partial charge >= 0.3 is 12.6 Å². The number of carbonyl (C=O) groups excluding carboxylic acids is 2. The number of ether oxygens (including phenoxy) is 6. The van der Waals surface area contributed by atoms with Crippen LogP contribution in [0.2, 0.25) is 0 Å². The minimum atomic E-state index is -3.76. The van der Waals surface area contributed by atoms with E-state index in [0.29, 0.717) is 78.7 Å². The number of aliphatic hydroxyl groups excluding tert-OH is 4. The van der Waals surface area contributed by atoms with Crippen molar-refractivity contribution < 1.29 is 84.8 Å². The average molecular weight is 1270 g/mol. The Morgan fingerprint density at radius 3 is 1.39 bits per heavy atom. The summed E-state index contributed by atoms with van der Waals surface area (Å²) in [6, 6.07) is 38.0. The van der Waals surface area contributed by atoms with Crippen molar-refractivity contribution in [3.8, 4) is 23.0 Å². The van der Waals surface area contributed by atoms with Crippen molar-refractivity contribution in [2.75, 3.05) is 32.8 Å². The van der Waals surface area contributed by atoms with Crippen LogP contribution in [0.1, 0.15) is 98.1 Å². The molecule has 0 bridgehead atoms. The quantitative estimate of drug-likeness (QED) is 0.0333. The normalized spacial score (nSPS) is 16.8. The number of nitrogens with zero attached hydrogens (tertiary/aromatic N) is 2. The highest BCUT2D eigenvalue weighted by molar-refractivity contribution is 6.15. The van der Waals surface area contributed by atoms with E-state index >= 15 is 8.78 Å². The average Bonchev–Trinajstić information content (AvgIpc) is 1.60. The molecule has 90 heavy (non-hydrogen) atoms. The fourth-order valence-electron chi connectivity index (χ4n) is 11.9. The van der Waals surface area contributed by atoms with Crippen molar-refractivity contribution in [1.29, 1.82) is 0 Å². The lowest BCUT2D eigenvalue weighted by molar-refractivity contribution is -0.287. The topological polar surface area (TPSA) is 180 Å². The molecule has 0 saturated heterocycles. The van der Waals surface area contributed by atoms with Crippen LogP contribution < -0.4 is 18.9 Å². The number of hydrogen-bond acceptors (Lipinski definition) is 12. The second-order valence-electron chi connectivity index (χ2n) is 24.7. The van der Waals surface area contributed by atoms with Crippen molar-refractivity contribution in [2.45, 2.75) is 139 Å². The molecule has 8 aromatic rings. The van der Waals surface area contributed by atoms with E-state index in [2.05, 4.69) is 30.5 Å². The molecule has 14 nitrogen and oxygen atoms in total. The van der Waals surface area contributed by atoms with Crippen LogP contribution in [0.15, 0.2) is 133 Å². The summed E-state index contributed by atoms with van der Waals surface area (Å²) in [5, 5.41) is 41.8. The van der Waals surface area contributed by atoms with Gasteiger partial charge in [-0.05, 0) is 120 Å². The van der Waals surface area contributed by atoms with Crippen LogP contribution in [0.25, 0.3) is 21.8 Å². The van der Waals surface area contributed by atoms with Gasteiger partial charge in [0.25, 0.3) is 0 Å². The molecule has 0 radical (unpaired) electrons. The maximum absolute atomic E-state index is 16.0. The molecule has 478 valence electrons. The number of aliphatic hydroxyl groups is 4. The van der Waals surface area contributed by atoms with Crippen molar-refractivity contribution in [2.24, 2.45) is 0 Å². The first-order valence-electron chi connectivity index (χ1n) is 29.5. The monoisotopic (exact) mass is 1270 g/mol. The van der Waals surface area contributed by atoms with Crippen LogP contribution in [0.3, 0.4) is 0 Å². The second-order valence-corrected chi connectivity index (χ2v) is 24.7. The van der Waals surface area contributed by atoms with E-state index in [1.807, 2.05) is 99.0 Å². The number of alkyl halides is 5. The Kier molecular flexibility index (Phi) is 19.0. The summed E-state index contributed by atoms with van der Waals surface area (Å²) >= 11 is 4.64. The van der Waals surface area contributed by atoms with Gasteiger partial charge in [-0.25, -0.2) is 8.78 Å². The maximum Gasteiger partial charge on any atom is 0.586 e. The highest BCUT2D eigenvalue weighted by atomic mass is 35.5. The molecule has 2 atom stereocenters. The number of Topliss-reactive ketones (excluding diaryl/α,β-unsaturated/α-hetero) is 2. The van der Waals surface area contributed by atoms with Gasteiger partial charge < -0.3 is 58.0 Å². The first-order chi connectivity index (χ1) is 42.8. The number of carbonyl (C=O) groups is 2. The lowest BCUT2D eigenvalue weighted by Crippen LogP contribution is -2.30. The third-order valence-corrected chi connectivity index (χ3v) is 17.1. The van der Waals surface area contributed by atoms with E-state index in [0.717, 1.165) is 22.2 Å². The molecule has 4 heterocycles. The fraction of sp³-hybridized carbons (Fsp3) is 0.391. The lowest BCUT2D eigenvalue weighted by atomic mass is 9.87. The highest BCUT2D eigenvalue weighted by Crippen LogP contribution is 2.54. The predicted molar refractivity (Wildman–Crippen MR) is 325 cm³/mol. The molecule has 2 aromatic heterocycles. The molecule has 6 aromatic carbocycles. The summed E-state index contributed by atoms with van der Waals surface area (Å²) in [5.74, 6) is -2.05. The minimum Gasteiger partial charge on any atom is -0.395 e. The molecule has 0 unspecified atom stereocenters. The molecule has 0 spiro atoms. The Bertz CT molecular complexity index is 3900. The van der Waals surface area contributed by atoms with Crippen molar-refractivity contribution in [1.82, 2.24) is 9.13 Å². The van der Waals surface area contributed by atoms with Gasteiger partial charge in [0, 0.05) is 52.2 Å². The first kappa shape index (κ1) is 65.5. The smallest absolute Gasteiger partial charge is 0.395 e. The van der Waals surface area contributed by atoms with Crippen LogP contribution in [0.5, 0.6) is 23.0 Å². The molecule has 2 aliphatic carbocycles. The zero-order valence-corrected chi connectivity index (χ0v) is 51.1. The van der Waals surface area contributed by atoms with Crippen LogP contribution in [0.4, 0.5) is 26.3 Å². The third kappa shape index (κ3) is 14.0. The van der Waals surface area contributed by atoms with Gasteiger partial charge in [0.1, 0.15) is 23.2 Å². The molecule has 2 saturated carbocycles. The summed E-state index contributed by atoms with van der Waals surface area (Å²) in [4.78, 5) is 27.2. The maximum atomic E-state index is 16.0. The molecule has 21 heteroatoms. The summed E-state index contributed by atoms with van der Waals surface area (Å²) in [5.41, 5.74) is 2.99. The van der Waals surface area contributed by atoms with Gasteiger partial charge in [-0.1, -0.05) is 100 Å². The Morgan fingerprint density at radius 2 is 0.967 bits per heavy atom. The minimum absolute atomic E-state index is 0.00273. The molecule has 4 N–H and O–H groups in total. The van der Waals surface area contributed by atoms with E-state index in [1.165, 1.54) is 42.8 Å². The Labute approximate surface area is 521 Å². The van der Waals surface area contributed by atoms with E-state index in [1.54, 1.807) is 34.9 Å². The van der Waals surface area contributed by atoms with Gasteiger partial charge in [-0.2, -0.15) is 0 Å². The third-order valence-electron chi connectivity index (χ3n) is 17.1. The molecule has 2 fully saturated rings. The fourth-order valence-corrected chi connectivity index (χ4v) is 11.9. The van der Waals surface area contributed by atoms with Crippen LogP contribution >= 0.6 is 11.6 Å². The van der Waals surface area contributed by atoms with Gasteiger partial charge in [0.15, 0.2) is 23.0 Å². The van der Waals surface area contributed by atoms with Gasteiger partial charge in [0.2, 0.25) is 0 Å². The number of ketones is 2. The Balaban J connectivity index is 0.000000202. The van der Waals surface area contributed by atoms with E-state index < -0.39 is 64.7 Å². The second kappa shape index (κ2) is 26.1. The van der Waals surface area contributed by atoms with Gasteiger partial charge in [0.05, 0.1) is 86.8 Å². The Morgan fingerprint density at radius 1 is 0.556 bits per heavy atom. The molecule has 12 rings (SSSR count). The van der Waals surface area contributed by atoms with Gasteiger partial charge in [-0.15, -0.1) is 29.2 Å². The summed E-state index contributed by atoms with van der Waals surface area (Å²) in [7, 11) is 0. The summed E-state index contributed by atoms with van der Waals surface area (Å²) in [6.07, 6.45) is -6.32. The van der Waals surface area contributed by atoms with E-state index in [4.69, 9.17) is 9.47 Å². The predicted octanol–water partition coefficient (Wildman–Crippen LogP) is 12.4. The van der Waals surface area contributed by atoms with Crippen molar-refractivity contribution in [3.05, 3.63) is 190 Å². The molecular weight excluding hydrogens is 1200 g/mol. The van der Waals surface area contributed by atoms with E-state index in [-0.39, 0.29) is 84.8 Å². The zero-order chi connectivity index (χ0) is 64.6. The highest BCUT2D eigenvalue weighted by Gasteiger charge is 2.54. The number of hydrogen-bond donors (Lipinski definition) is 4.